The van der Waals surface area contributed by atoms with Crippen molar-refractivity contribution in [1.29, 1.82) is 0 Å². The zero-order valence-electron chi connectivity index (χ0n) is 17.5. The molecular formula is C21H31N7. The van der Waals surface area contributed by atoms with Crippen LogP contribution in [-0.4, -0.2) is 50.7 Å². The average Bonchev–Trinajstić information content (AvgIpc) is 3.23. The highest BCUT2D eigenvalue weighted by molar-refractivity contribution is 5.79. The molecule has 0 spiro atoms. The summed E-state index contributed by atoms with van der Waals surface area (Å²) in [4.78, 5) is 15.0. The van der Waals surface area contributed by atoms with Gasteiger partial charge in [0.25, 0.3) is 0 Å². The lowest BCUT2D eigenvalue weighted by Gasteiger charge is -2.22. The molecule has 7 nitrogen and oxygen atoms in total. The van der Waals surface area contributed by atoms with E-state index in [1.54, 1.807) is 0 Å². The van der Waals surface area contributed by atoms with Crippen LogP contribution < -0.4 is 5.32 Å². The first-order valence-electron chi connectivity index (χ1n) is 9.93. The van der Waals surface area contributed by atoms with Gasteiger partial charge in [0.2, 0.25) is 0 Å². The molecule has 1 aromatic carbocycles. The molecule has 2 aromatic heterocycles. The van der Waals surface area contributed by atoms with Crippen molar-refractivity contribution in [1.82, 2.24) is 30.0 Å². The molecule has 0 fully saturated rings. The van der Waals surface area contributed by atoms with Gasteiger partial charge >= 0.3 is 0 Å². The van der Waals surface area contributed by atoms with E-state index >= 15 is 0 Å². The Labute approximate surface area is 166 Å². The molecule has 3 rings (SSSR count). The smallest absolute Gasteiger partial charge is 0.193 e. The molecule has 0 atom stereocenters. The molecule has 3 aromatic rings. The van der Waals surface area contributed by atoms with Crippen LogP contribution in [-0.2, 0) is 20.0 Å². The summed E-state index contributed by atoms with van der Waals surface area (Å²) in [6.07, 6.45) is 2.88. The number of rotatable bonds is 7. The highest BCUT2D eigenvalue weighted by atomic mass is 15.3. The molecule has 7 heteroatoms. The summed E-state index contributed by atoms with van der Waals surface area (Å²) >= 11 is 0. The Balaban J connectivity index is 1.67. The summed E-state index contributed by atoms with van der Waals surface area (Å²) in [6.45, 7) is 8.73. The maximum atomic E-state index is 4.80. The summed E-state index contributed by atoms with van der Waals surface area (Å²) in [6, 6.07) is 8.10. The van der Waals surface area contributed by atoms with Crippen LogP contribution in [0.25, 0.3) is 11.0 Å². The van der Waals surface area contributed by atoms with E-state index in [1.807, 2.05) is 36.0 Å². The normalized spacial score (nSPS) is 12.1. The van der Waals surface area contributed by atoms with Crippen molar-refractivity contribution in [3.05, 3.63) is 47.5 Å². The molecule has 0 radical (unpaired) electrons. The minimum atomic E-state index is 0.400. The van der Waals surface area contributed by atoms with Gasteiger partial charge in [-0.05, 0) is 25.0 Å². The highest BCUT2D eigenvalue weighted by Crippen LogP contribution is 2.18. The lowest BCUT2D eigenvalue weighted by molar-refractivity contribution is 0.473. The number of hydrogen-bond acceptors (Lipinski definition) is 3. The molecule has 0 unspecified atom stereocenters. The van der Waals surface area contributed by atoms with Crippen LogP contribution in [0, 0.1) is 0 Å². The van der Waals surface area contributed by atoms with Crippen LogP contribution in [0.1, 0.15) is 43.8 Å². The topological polar surface area (TPSA) is 74.1 Å². The number of hydrogen-bond donors (Lipinski definition) is 2. The SMILES string of the molecule is CCNC(=NCCc1nc2ccccc2[nH]1)N(C)Cc1cn(C)nc1C(C)C. The van der Waals surface area contributed by atoms with Crippen molar-refractivity contribution in [3.8, 4) is 0 Å². The van der Waals surface area contributed by atoms with Crippen molar-refractivity contribution in [2.75, 3.05) is 20.1 Å². The Morgan fingerprint density at radius 3 is 2.82 bits per heavy atom. The largest absolute Gasteiger partial charge is 0.357 e. The van der Waals surface area contributed by atoms with Crippen LogP contribution in [0.15, 0.2) is 35.5 Å². The van der Waals surface area contributed by atoms with Crippen molar-refractivity contribution < 1.29 is 0 Å². The van der Waals surface area contributed by atoms with Crippen molar-refractivity contribution in [3.63, 3.8) is 0 Å². The van der Waals surface area contributed by atoms with Crippen LogP contribution in [0.4, 0.5) is 0 Å². The highest BCUT2D eigenvalue weighted by Gasteiger charge is 2.15. The van der Waals surface area contributed by atoms with Gasteiger partial charge in [0.05, 0.1) is 16.7 Å². The number of para-hydroxylation sites is 2. The fourth-order valence-electron chi connectivity index (χ4n) is 3.35. The number of nitrogens with zero attached hydrogens (tertiary/aromatic N) is 5. The summed E-state index contributed by atoms with van der Waals surface area (Å²) in [5, 5.41) is 8.00. The van der Waals surface area contributed by atoms with Crippen molar-refractivity contribution in [2.24, 2.45) is 12.0 Å². The van der Waals surface area contributed by atoms with Gasteiger partial charge in [0.15, 0.2) is 5.96 Å². The molecule has 0 saturated carbocycles. The van der Waals surface area contributed by atoms with Crippen LogP contribution in [0.2, 0.25) is 0 Å². The predicted molar refractivity (Wildman–Crippen MR) is 115 cm³/mol. The average molecular weight is 382 g/mol. The van der Waals surface area contributed by atoms with Crippen LogP contribution >= 0.6 is 0 Å². The maximum absolute atomic E-state index is 4.80. The molecule has 0 aliphatic rings. The molecule has 0 aliphatic heterocycles. The van der Waals surface area contributed by atoms with Gasteiger partial charge in [-0.25, -0.2) is 4.98 Å². The maximum Gasteiger partial charge on any atom is 0.193 e. The molecule has 2 N–H and O–H groups in total. The molecule has 0 amide bonds. The molecular weight excluding hydrogens is 350 g/mol. The molecule has 28 heavy (non-hydrogen) atoms. The minimum Gasteiger partial charge on any atom is -0.357 e. The molecule has 150 valence electrons. The second-order valence-electron chi connectivity index (χ2n) is 7.41. The quantitative estimate of drug-likeness (QED) is 0.487. The van der Waals surface area contributed by atoms with Crippen molar-refractivity contribution in [2.45, 2.75) is 39.7 Å². The van der Waals surface area contributed by atoms with Gasteiger partial charge in [-0.15, -0.1) is 0 Å². The van der Waals surface area contributed by atoms with Crippen molar-refractivity contribution >= 4 is 17.0 Å². The number of fused-ring (bicyclic) bond motifs is 1. The van der Waals surface area contributed by atoms with Crippen LogP contribution in [0.5, 0.6) is 0 Å². The monoisotopic (exact) mass is 381 g/mol. The third kappa shape index (κ3) is 4.71. The van der Waals surface area contributed by atoms with Gasteiger partial charge in [0.1, 0.15) is 5.82 Å². The third-order valence-electron chi connectivity index (χ3n) is 4.64. The Hall–Kier alpha value is -2.83. The number of aromatic nitrogens is 4. The number of guanidine groups is 1. The molecule has 0 saturated heterocycles. The number of nitrogens with one attached hydrogen (secondary N) is 2. The first kappa shape index (κ1) is 19.9. The Morgan fingerprint density at radius 2 is 2.11 bits per heavy atom. The lowest BCUT2D eigenvalue weighted by Crippen LogP contribution is -2.38. The molecule has 0 bridgehead atoms. The van der Waals surface area contributed by atoms with E-state index < -0.39 is 0 Å². The second kappa shape index (κ2) is 8.91. The summed E-state index contributed by atoms with van der Waals surface area (Å²) in [5.41, 5.74) is 4.46. The van der Waals surface area contributed by atoms with E-state index in [1.165, 1.54) is 5.56 Å². The zero-order valence-corrected chi connectivity index (χ0v) is 17.5. The summed E-state index contributed by atoms with van der Waals surface area (Å²) < 4.78 is 1.89. The van der Waals surface area contributed by atoms with E-state index in [2.05, 4.69) is 59.3 Å². The van der Waals surface area contributed by atoms with E-state index in [-0.39, 0.29) is 0 Å². The van der Waals surface area contributed by atoms with Gasteiger partial charge < -0.3 is 15.2 Å². The number of aliphatic imine (C=N–C) groups is 1. The van der Waals surface area contributed by atoms with Crippen LogP contribution in [0.3, 0.4) is 0 Å². The number of aryl methyl sites for hydroxylation is 1. The van der Waals surface area contributed by atoms with E-state index in [4.69, 9.17) is 4.99 Å². The standard InChI is InChI=1S/C21H31N7/c1-6-22-21(27(4)13-16-14-28(5)26-20(16)15(2)3)23-12-11-19-24-17-9-7-8-10-18(17)25-19/h7-10,14-15H,6,11-13H2,1-5H3,(H,22,23)(H,24,25). The number of benzene rings is 1. The molecule has 0 aliphatic carbocycles. The first-order valence-corrected chi connectivity index (χ1v) is 9.93. The van der Waals surface area contributed by atoms with Gasteiger partial charge in [-0.3, -0.25) is 9.67 Å². The summed E-state index contributed by atoms with van der Waals surface area (Å²) in [5.74, 6) is 2.27. The number of aromatic amines is 1. The zero-order chi connectivity index (χ0) is 20.1. The Kier molecular flexibility index (Phi) is 6.34. The number of H-pyrrole nitrogens is 1. The number of imidazole rings is 1. The van der Waals surface area contributed by atoms with E-state index in [9.17, 15) is 0 Å². The minimum absolute atomic E-state index is 0.400. The predicted octanol–water partition coefficient (Wildman–Crippen LogP) is 3.06. The fraction of sp³-hybridized carbons (Fsp3) is 0.476. The van der Waals surface area contributed by atoms with Gasteiger partial charge in [-0.2, -0.15) is 5.10 Å². The second-order valence-corrected chi connectivity index (χ2v) is 7.41. The fourth-order valence-corrected chi connectivity index (χ4v) is 3.35. The van der Waals surface area contributed by atoms with E-state index in [0.29, 0.717) is 12.5 Å². The van der Waals surface area contributed by atoms with Gasteiger partial charge in [0, 0.05) is 51.9 Å². The molecule has 2 heterocycles. The summed E-state index contributed by atoms with van der Waals surface area (Å²) in [7, 11) is 4.04. The van der Waals surface area contributed by atoms with E-state index in [0.717, 1.165) is 48.0 Å². The third-order valence-corrected chi connectivity index (χ3v) is 4.64. The Bertz CT molecular complexity index is 902. The lowest BCUT2D eigenvalue weighted by atomic mass is 10.1. The van der Waals surface area contributed by atoms with Gasteiger partial charge in [-0.1, -0.05) is 26.0 Å². The first-order chi connectivity index (χ1) is 13.5. The Morgan fingerprint density at radius 1 is 1.32 bits per heavy atom.